The van der Waals surface area contributed by atoms with Gasteiger partial charge in [-0.05, 0) is 44.0 Å². The van der Waals surface area contributed by atoms with Gasteiger partial charge in [-0.2, -0.15) is 0 Å². The smallest absolute Gasteiger partial charge is 0.321 e. The first-order valence-corrected chi connectivity index (χ1v) is 8.89. The van der Waals surface area contributed by atoms with E-state index in [2.05, 4.69) is 15.6 Å². The molecule has 3 amide bonds. The molecule has 2 heterocycles. The minimum Gasteiger partial charge on any atom is -0.324 e. The number of benzene rings is 1. The molecule has 2 aliphatic rings. The molecule has 6 nitrogen and oxygen atoms in total. The van der Waals surface area contributed by atoms with E-state index in [0.717, 1.165) is 24.1 Å². The Hall–Kier alpha value is -2.89. The van der Waals surface area contributed by atoms with Gasteiger partial charge in [0.15, 0.2) is 0 Å². The second-order valence-electron chi connectivity index (χ2n) is 7.32. The SMILES string of the molecule is Cc1ccc(NC(=O)N2CCC3(CC3C(=O)Nc3cccnc3)C2)cc1. The van der Waals surface area contributed by atoms with Crippen molar-refractivity contribution >= 4 is 23.3 Å². The maximum absolute atomic E-state index is 12.5. The summed E-state index contributed by atoms with van der Waals surface area (Å²) < 4.78 is 0. The monoisotopic (exact) mass is 350 g/mol. The van der Waals surface area contributed by atoms with Gasteiger partial charge >= 0.3 is 6.03 Å². The van der Waals surface area contributed by atoms with Crippen LogP contribution in [-0.4, -0.2) is 34.9 Å². The van der Waals surface area contributed by atoms with E-state index in [1.807, 2.05) is 42.2 Å². The molecule has 2 atom stereocenters. The fourth-order valence-electron chi connectivity index (χ4n) is 3.74. The Morgan fingerprint density at radius 1 is 1.15 bits per heavy atom. The standard InChI is InChI=1S/C20H22N4O2/c1-14-4-6-15(7-5-14)23-19(26)24-10-8-20(13-24)11-17(20)18(25)22-16-3-2-9-21-12-16/h2-7,9,12,17H,8,10-11,13H2,1H3,(H,22,25)(H,23,26). The number of aromatic nitrogens is 1. The molecule has 0 bridgehead atoms. The van der Waals surface area contributed by atoms with Crippen molar-refractivity contribution in [2.75, 3.05) is 23.7 Å². The van der Waals surface area contributed by atoms with Crippen LogP contribution < -0.4 is 10.6 Å². The number of hydrogen-bond acceptors (Lipinski definition) is 3. The quantitative estimate of drug-likeness (QED) is 0.892. The number of likely N-dealkylation sites (tertiary alicyclic amines) is 1. The summed E-state index contributed by atoms with van der Waals surface area (Å²) >= 11 is 0. The van der Waals surface area contributed by atoms with E-state index < -0.39 is 0 Å². The second-order valence-corrected chi connectivity index (χ2v) is 7.32. The molecule has 134 valence electrons. The van der Waals surface area contributed by atoms with Gasteiger partial charge in [0.2, 0.25) is 5.91 Å². The lowest BCUT2D eigenvalue weighted by atomic mass is 10.0. The van der Waals surface area contributed by atoms with E-state index in [9.17, 15) is 9.59 Å². The molecular formula is C20H22N4O2. The molecule has 2 N–H and O–H groups in total. The molecule has 4 rings (SSSR count). The Labute approximate surface area is 152 Å². The Morgan fingerprint density at radius 3 is 2.69 bits per heavy atom. The average Bonchev–Trinajstić information content (AvgIpc) is 3.18. The molecular weight excluding hydrogens is 328 g/mol. The minimum absolute atomic E-state index is 0.0267. The summed E-state index contributed by atoms with van der Waals surface area (Å²) in [5.41, 5.74) is 2.61. The molecule has 1 aromatic carbocycles. The molecule has 1 aliphatic carbocycles. The topological polar surface area (TPSA) is 74.3 Å². The van der Waals surface area contributed by atoms with Crippen LogP contribution >= 0.6 is 0 Å². The summed E-state index contributed by atoms with van der Waals surface area (Å²) in [6, 6.07) is 11.3. The normalized spacial score (nSPS) is 23.7. The van der Waals surface area contributed by atoms with Gasteiger partial charge in [0, 0.05) is 36.3 Å². The molecule has 2 unspecified atom stereocenters. The van der Waals surface area contributed by atoms with Gasteiger partial charge in [-0.3, -0.25) is 9.78 Å². The van der Waals surface area contributed by atoms with Gasteiger partial charge in [-0.15, -0.1) is 0 Å². The Bertz CT molecular complexity index is 821. The fraction of sp³-hybridized carbons (Fsp3) is 0.350. The molecule has 1 aromatic heterocycles. The van der Waals surface area contributed by atoms with Crippen LogP contribution in [0.25, 0.3) is 0 Å². The van der Waals surface area contributed by atoms with Crippen molar-refractivity contribution in [2.45, 2.75) is 19.8 Å². The highest BCUT2D eigenvalue weighted by molar-refractivity contribution is 5.95. The molecule has 0 radical (unpaired) electrons. The zero-order chi connectivity index (χ0) is 18.1. The van der Waals surface area contributed by atoms with E-state index in [1.54, 1.807) is 18.5 Å². The molecule has 1 saturated carbocycles. The van der Waals surface area contributed by atoms with Crippen molar-refractivity contribution in [2.24, 2.45) is 11.3 Å². The molecule has 1 spiro atoms. The number of urea groups is 1. The van der Waals surface area contributed by atoms with Crippen LogP contribution in [0.2, 0.25) is 0 Å². The highest BCUT2D eigenvalue weighted by Crippen LogP contribution is 2.58. The summed E-state index contributed by atoms with van der Waals surface area (Å²) in [7, 11) is 0. The number of aryl methyl sites for hydroxylation is 1. The van der Waals surface area contributed by atoms with Gasteiger partial charge in [0.25, 0.3) is 0 Å². The lowest BCUT2D eigenvalue weighted by molar-refractivity contribution is -0.118. The number of amides is 3. The number of anilines is 2. The van der Waals surface area contributed by atoms with E-state index in [-0.39, 0.29) is 23.3 Å². The maximum Gasteiger partial charge on any atom is 0.321 e. The zero-order valence-electron chi connectivity index (χ0n) is 14.7. The molecule has 1 saturated heterocycles. The minimum atomic E-state index is -0.0935. The maximum atomic E-state index is 12.5. The van der Waals surface area contributed by atoms with Gasteiger partial charge in [0.05, 0.1) is 11.9 Å². The molecule has 2 fully saturated rings. The van der Waals surface area contributed by atoms with Crippen LogP contribution in [0.5, 0.6) is 0 Å². The first-order valence-electron chi connectivity index (χ1n) is 8.89. The third-order valence-corrected chi connectivity index (χ3v) is 5.41. The second kappa shape index (κ2) is 6.44. The number of carbonyl (C=O) groups is 2. The molecule has 2 aromatic rings. The van der Waals surface area contributed by atoms with Crippen molar-refractivity contribution in [3.8, 4) is 0 Å². The number of nitrogens with zero attached hydrogens (tertiary/aromatic N) is 2. The van der Waals surface area contributed by atoms with Crippen LogP contribution in [-0.2, 0) is 4.79 Å². The average molecular weight is 350 g/mol. The van der Waals surface area contributed by atoms with Gasteiger partial charge in [-0.25, -0.2) is 4.79 Å². The summed E-state index contributed by atoms with van der Waals surface area (Å²) in [5.74, 6) is -0.00123. The van der Waals surface area contributed by atoms with Crippen LogP contribution in [0, 0.1) is 18.3 Å². The summed E-state index contributed by atoms with van der Waals surface area (Å²) in [6.07, 6.45) is 5.03. The molecule has 6 heteroatoms. The van der Waals surface area contributed by atoms with Crippen molar-refractivity contribution in [1.29, 1.82) is 0 Å². The van der Waals surface area contributed by atoms with Crippen LogP contribution in [0.3, 0.4) is 0 Å². The summed E-state index contributed by atoms with van der Waals surface area (Å²) in [5, 5.41) is 5.86. The van der Waals surface area contributed by atoms with Gasteiger partial charge in [-0.1, -0.05) is 17.7 Å². The first kappa shape index (κ1) is 16.6. The van der Waals surface area contributed by atoms with E-state index in [1.165, 1.54) is 0 Å². The molecule has 1 aliphatic heterocycles. The Balaban J connectivity index is 1.33. The lowest BCUT2D eigenvalue weighted by Gasteiger charge is -2.17. The fourth-order valence-corrected chi connectivity index (χ4v) is 3.74. The Morgan fingerprint density at radius 2 is 1.96 bits per heavy atom. The first-order chi connectivity index (χ1) is 12.6. The lowest BCUT2D eigenvalue weighted by Crippen LogP contribution is -2.33. The van der Waals surface area contributed by atoms with Gasteiger partial charge < -0.3 is 15.5 Å². The predicted molar refractivity (Wildman–Crippen MR) is 99.8 cm³/mol. The number of nitrogens with one attached hydrogen (secondary N) is 2. The van der Waals surface area contributed by atoms with Crippen LogP contribution in [0.1, 0.15) is 18.4 Å². The highest BCUT2D eigenvalue weighted by atomic mass is 16.2. The third kappa shape index (κ3) is 3.27. The summed E-state index contributed by atoms with van der Waals surface area (Å²) in [4.78, 5) is 30.8. The van der Waals surface area contributed by atoms with Crippen molar-refractivity contribution < 1.29 is 9.59 Å². The number of pyridine rings is 1. The largest absolute Gasteiger partial charge is 0.324 e. The van der Waals surface area contributed by atoms with Crippen molar-refractivity contribution in [3.05, 3.63) is 54.4 Å². The van der Waals surface area contributed by atoms with Gasteiger partial charge in [0.1, 0.15) is 0 Å². The number of rotatable bonds is 3. The predicted octanol–water partition coefficient (Wildman–Crippen LogP) is 3.27. The molecule has 26 heavy (non-hydrogen) atoms. The van der Waals surface area contributed by atoms with E-state index in [4.69, 9.17) is 0 Å². The highest BCUT2D eigenvalue weighted by Gasteiger charge is 2.61. The number of hydrogen-bond donors (Lipinski definition) is 2. The third-order valence-electron chi connectivity index (χ3n) is 5.41. The number of carbonyl (C=O) groups excluding carboxylic acids is 2. The van der Waals surface area contributed by atoms with Crippen molar-refractivity contribution in [3.63, 3.8) is 0 Å². The summed E-state index contributed by atoms with van der Waals surface area (Å²) in [6.45, 7) is 3.34. The van der Waals surface area contributed by atoms with E-state index >= 15 is 0 Å². The van der Waals surface area contributed by atoms with Crippen LogP contribution in [0.4, 0.5) is 16.2 Å². The Kier molecular flexibility index (Phi) is 4.11. The van der Waals surface area contributed by atoms with Crippen LogP contribution in [0.15, 0.2) is 48.8 Å². The van der Waals surface area contributed by atoms with E-state index in [0.29, 0.717) is 18.8 Å². The zero-order valence-corrected chi connectivity index (χ0v) is 14.7. The van der Waals surface area contributed by atoms with Crippen molar-refractivity contribution in [1.82, 2.24) is 9.88 Å².